The Labute approximate surface area is 133 Å². The summed E-state index contributed by atoms with van der Waals surface area (Å²) in [6, 6.07) is 0.316. The number of nitrogens with zero attached hydrogens (tertiary/aromatic N) is 2. The Morgan fingerprint density at radius 3 is 2.52 bits per heavy atom. The highest BCUT2D eigenvalue weighted by atomic mass is 32.1. The van der Waals surface area contributed by atoms with E-state index in [0.29, 0.717) is 6.04 Å². The highest BCUT2D eigenvalue weighted by molar-refractivity contribution is 7.84. The van der Waals surface area contributed by atoms with E-state index in [1.165, 1.54) is 6.42 Å². The van der Waals surface area contributed by atoms with Crippen molar-refractivity contribution in [2.24, 2.45) is 10.4 Å². The van der Waals surface area contributed by atoms with Crippen molar-refractivity contribution in [3.63, 3.8) is 0 Å². The molecule has 0 aromatic carbocycles. The number of hydrogen-bond acceptors (Lipinski definition) is 3. The number of hydrogen-bond donors (Lipinski definition) is 1. The first-order valence-electron chi connectivity index (χ1n) is 7.82. The topological polar surface area (TPSA) is 32.7 Å². The minimum atomic E-state index is -0.489. The second-order valence-corrected chi connectivity index (χ2v) is 6.90. The van der Waals surface area contributed by atoms with Gasteiger partial charge in [0.05, 0.1) is 10.4 Å². The summed E-state index contributed by atoms with van der Waals surface area (Å²) in [6.45, 7) is 10.1. The second kappa shape index (κ2) is 5.99. The van der Waals surface area contributed by atoms with Crippen LogP contribution in [0.15, 0.2) is 27.2 Å². The van der Waals surface area contributed by atoms with Crippen LogP contribution in [0.5, 0.6) is 0 Å². The number of aliphatic imine (C=N–C) groups is 1. The lowest BCUT2D eigenvalue weighted by atomic mass is 9.86. The Kier molecular flexibility index (Phi) is 4.66. The normalized spacial score (nSPS) is 27.3. The van der Waals surface area contributed by atoms with Crippen LogP contribution >= 0.6 is 12.6 Å². The largest absolute Gasteiger partial charge is 0.293 e. The standard InChI is InChI=1S/C17H26N2OS/c1-6-11(3)15(21)18-14-13(7-2)17(4,5)16(20)19(14)12-9-8-10-12/h7,12,21H,6,8-10H2,1-5H3/b13-7+,15-11-,18-14+. The minimum absolute atomic E-state index is 0.175. The van der Waals surface area contributed by atoms with Gasteiger partial charge in [-0.25, -0.2) is 4.99 Å². The van der Waals surface area contributed by atoms with E-state index in [1.807, 2.05) is 38.7 Å². The number of likely N-dealkylation sites (tertiary alicyclic amines) is 1. The minimum Gasteiger partial charge on any atom is -0.293 e. The molecule has 1 aliphatic heterocycles. The first-order valence-corrected chi connectivity index (χ1v) is 8.27. The fourth-order valence-electron chi connectivity index (χ4n) is 2.86. The van der Waals surface area contributed by atoms with Gasteiger partial charge in [-0.3, -0.25) is 9.69 Å². The quantitative estimate of drug-likeness (QED) is 0.774. The lowest BCUT2D eigenvalue weighted by Crippen LogP contribution is -2.45. The summed E-state index contributed by atoms with van der Waals surface area (Å²) >= 11 is 4.53. The lowest BCUT2D eigenvalue weighted by Gasteiger charge is -2.35. The average molecular weight is 306 g/mol. The predicted molar refractivity (Wildman–Crippen MR) is 91.4 cm³/mol. The van der Waals surface area contributed by atoms with Crippen LogP contribution < -0.4 is 0 Å². The highest BCUT2D eigenvalue weighted by Crippen LogP contribution is 2.42. The van der Waals surface area contributed by atoms with E-state index in [-0.39, 0.29) is 5.91 Å². The number of rotatable bonds is 3. The van der Waals surface area contributed by atoms with Crippen LogP contribution in [-0.2, 0) is 4.79 Å². The molecule has 0 aromatic rings. The van der Waals surface area contributed by atoms with E-state index in [9.17, 15) is 4.79 Å². The average Bonchev–Trinajstić information content (AvgIpc) is 2.56. The van der Waals surface area contributed by atoms with Gasteiger partial charge in [0.2, 0.25) is 5.91 Å². The fourth-order valence-corrected chi connectivity index (χ4v) is 3.12. The van der Waals surface area contributed by atoms with Crippen LogP contribution in [0, 0.1) is 5.41 Å². The number of thiol groups is 1. The first kappa shape index (κ1) is 16.3. The van der Waals surface area contributed by atoms with Gasteiger partial charge in [-0.2, -0.15) is 0 Å². The Balaban J connectivity index is 2.52. The molecule has 21 heavy (non-hydrogen) atoms. The van der Waals surface area contributed by atoms with Crippen molar-refractivity contribution >= 4 is 24.4 Å². The maximum Gasteiger partial charge on any atom is 0.238 e. The van der Waals surface area contributed by atoms with Gasteiger partial charge < -0.3 is 0 Å². The number of carbonyl (C=O) groups excluding carboxylic acids is 1. The third kappa shape index (κ3) is 2.70. The summed E-state index contributed by atoms with van der Waals surface area (Å²) in [5, 5.41) is 0.738. The van der Waals surface area contributed by atoms with Crippen molar-refractivity contribution < 1.29 is 4.79 Å². The molecule has 2 rings (SSSR count). The summed E-state index contributed by atoms with van der Waals surface area (Å²) in [6.07, 6.45) is 6.30. The van der Waals surface area contributed by atoms with Crippen LogP contribution in [0.3, 0.4) is 0 Å². The zero-order valence-electron chi connectivity index (χ0n) is 13.7. The SMILES string of the molecule is C\C=C1/C(=N\C(S)=C(/C)CC)N(C2CCC2)C(=O)C1(C)C. The van der Waals surface area contributed by atoms with Gasteiger partial charge in [-0.1, -0.05) is 13.0 Å². The van der Waals surface area contributed by atoms with Gasteiger partial charge >= 0.3 is 0 Å². The summed E-state index contributed by atoms with van der Waals surface area (Å²) < 4.78 is 0. The van der Waals surface area contributed by atoms with Gasteiger partial charge in [0.25, 0.3) is 0 Å². The smallest absolute Gasteiger partial charge is 0.238 e. The van der Waals surface area contributed by atoms with Crippen molar-refractivity contribution in [2.75, 3.05) is 0 Å². The molecule has 1 heterocycles. The maximum absolute atomic E-state index is 12.8. The van der Waals surface area contributed by atoms with E-state index in [1.54, 1.807) is 0 Å². The lowest BCUT2D eigenvalue weighted by molar-refractivity contribution is -0.134. The third-order valence-electron chi connectivity index (χ3n) is 4.75. The molecule has 2 aliphatic rings. The van der Waals surface area contributed by atoms with E-state index >= 15 is 0 Å². The molecule has 0 atom stereocenters. The Bertz CT molecular complexity index is 539. The van der Waals surface area contributed by atoms with Crippen LogP contribution in [-0.4, -0.2) is 22.7 Å². The molecule has 0 aromatic heterocycles. The molecule has 0 unspecified atom stereocenters. The number of amidine groups is 1. The van der Waals surface area contributed by atoms with Crippen molar-refractivity contribution in [1.29, 1.82) is 0 Å². The van der Waals surface area contributed by atoms with E-state index < -0.39 is 5.41 Å². The predicted octanol–water partition coefficient (Wildman–Crippen LogP) is 4.32. The number of amides is 1. The van der Waals surface area contributed by atoms with Crippen LogP contribution in [0.4, 0.5) is 0 Å². The van der Waals surface area contributed by atoms with Gasteiger partial charge in [-0.05, 0) is 59.0 Å². The van der Waals surface area contributed by atoms with Crippen LogP contribution in [0.2, 0.25) is 0 Å². The molecule has 3 nitrogen and oxygen atoms in total. The molecule has 0 N–H and O–H groups in total. The highest BCUT2D eigenvalue weighted by Gasteiger charge is 2.50. The van der Waals surface area contributed by atoms with Gasteiger partial charge in [0.1, 0.15) is 5.84 Å². The molecule has 1 aliphatic carbocycles. The molecule has 1 amide bonds. The summed E-state index contributed by atoms with van der Waals surface area (Å²) in [5.41, 5.74) is 1.68. The van der Waals surface area contributed by atoms with E-state index in [2.05, 4.69) is 19.6 Å². The van der Waals surface area contributed by atoms with Gasteiger partial charge in [0, 0.05) is 11.6 Å². The number of allylic oxidation sites excluding steroid dienone is 2. The summed E-state index contributed by atoms with van der Waals surface area (Å²) in [4.78, 5) is 19.5. The van der Waals surface area contributed by atoms with Gasteiger partial charge in [0.15, 0.2) is 0 Å². The van der Waals surface area contributed by atoms with E-state index in [4.69, 9.17) is 4.99 Å². The van der Waals surface area contributed by atoms with Crippen molar-refractivity contribution in [1.82, 2.24) is 4.90 Å². The van der Waals surface area contributed by atoms with Crippen LogP contribution in [0.25, 0.3) is 0 Å². The fraction of sp³-hybridized carbons (Fsp3) is 0.647. The molecule has 0 spiro atoms. The molecular weight excluding hydrogens is 280 g/mol. The van der Waals surface area contributed by atoms with E-state index in [0.717, 1.165) is 41.3 Å². The van der Waals surface area contributed by atoms with Crippen LogP contribution in [0.1, 0.15) is 60.3 Å². The van der Waals surface area contributed by atoms with Gasteiger partial charge in [-0.15, -0.1) is 12.6 Å². The Hall–Kier alpha value is -1.03. The molecule has 0 bridgehead atoms. The van der Waals surface area contributed by atoms with Crippen molar-refractivity contribution in [3.8, 4) is 0 Å². The monoisotopic (exact) mass is 306 g/mol. The second-order valence-electron chi connectivity index (χ2n) is 6.48. The maximum atomic E-state index is 12.8. The zero-order chi connectivity index (χ0) is 15.8. The van der Waals surface area contributed by atoms with Crippen molar-refractivity contribution in [2.45, 2.75) is 66.3 Å². The molecule has 1 saturated heterocycles. The summed E-state index contributed by atoms with van der Waals surface area (Å²) in [7, 11) is 0. The van der Waals surface area contributed by atoms with Crippen molar-refractivity contribution in [3.05, 3.63) is 22.3 Å². The first-order chi connectivity index (χ1) is 9.84. The third-order valence-corrected chi connectivity index (χ3v) is 5.23. The Morgan fingerprint density at radius 2 is 2.10 bits per heavy atom. The molecule has 1 saturated carbocycles. The zero-order valence-corrected chi connectivity index (χ0v) is 14.6. The Morgan fingerprint density at radius 1 is 1.48 bits per heavy atom. The number of carbonyl (C=O) groups is 1. The summed E-state index contributed by atoms with van der Waals surface area (Å²) in [5.74, 6) is 0.990. The molecule has 116 valence electrons. The molecule has 2 fully saturated rings. The molecule has 4 heteroatoms. The molecule has 0 radical (unpaired) electrons. The molecular formula is C17H26N2OS.